The number of nitrogens with two attached hydrogens (primary N) is 1. The van der Waals surface area contributed by atoms with E-state index < -0.39 is 0 Å². The maximum Gasteiger partial charge on any atom is 0.139 e. The normalized spacial score (nSPS) is 17.4. The molecule has 0 atom stereocenters. The lowest BCUT2D eigenvalue weighted by Crippen LogP contribution is -2.19. The van der Waals surface area contributed by atoms with E-state index in [1.807, 2.05) is 6.92 Å². The molecule has 1 aliphatic heterocycles. The van der Waals surface area contributed by atoms with Gasteiger partial charge in [0.15, 0.2) is 0 Å². The second-order valence-electron chi connectivity index (χ2n) is 2.46. The molecule has 0 saturated heterocycles. The van der Waals surface area contributed by atoms with Crippen molar-refractivity contribution in [3.05, 3.63) is 10.6 Å². The van der Waals surface area contributed by atoms with Crippen LogP contribution in [0.4, 0.5) is 0 Å². The summed E-state index contributed by atoms with van der Waals surface area (Å²) in [7, 11) is 0. The number of nitriles is 1. The van der Waals surface area contributed by atoms with Crippen LogP contribution >= 0.6 is 11.8 Å². The number of hydrogen-bond acceptors (Lipinski definition) is 5. The van der Waals surface area contributed by atoms with Crippen molar-refractivity contribution in [2.24, 2.45) is 10.7 Å². The first-order chi connectivity index (χ1) is 6.29. The van der Waals surface area contributed by atoms with Gasteiger partial charge in [0, 0.05) is 12.3 Å². The molecule has 0 fully saturated rings. The molecular formula is C8H12N4S. The van der Waals surface area contributed by atoms with Crippen molar-refractivity contribution in [2.45, 2.75) is 6.92 Å². The molecule has 13 heavy (non-hydrogen) atoms. The SMILES string of the molecule is CCNC1=C(C#N)C(N)=NCCS1. The average Bonchev–Trinajstić information content (AvgIpc) is 2.28. The van der Waals surface area contributed by atoms with E-state index in [-0.39, 0.29) is 0 Å². The lowest BCUT2D eigenvalue weighted by Gasteiger charge is -2.07. The van der Waals surface area contributed by atoms with Crippen molar-refractivity contribution in [2.75, 3.05) is 18.8 Å². The summed E-state index contributed by atoms with van der Waals surface area (Å²) in [6.07, 6.45) is 0. The third-order valence-corrected chi connectivity index (χ3v) is 2.58. The minimum Gasteiger partial charge on any atom is -0.383 e. The maximum absolute atomic E-state index is 8.86. The molecule has 0 aromatic carbocycles. The molecule has 0 saturated carbocycles. The van der Waals surface area contributed by atoms with Crippen molar-refractivity contribution in [3.8, 4) is 6.07 Å². The highest BCUT2D eigenvalue weighted by Gasteiger charge is 2.13. The van der Waals surface area contributed by atoms with Crippen molar-refractivity contribution >= 4 is 17.6 Å². The Morgan fingerprint density at radius 2 is 2.54 bits per heavy atom. The summed E-state index contributed by atoms with van der Waals surface area (Å²) in [4.78, 5) is 4.06. The van der Waals surface area contributed by atoms with Gasteiger partial charge in [0.05, 0.1) is 11.6 Å². The van der Waals surface area contributed by atoms with Crippen molar-refractivity contribution in [1.82, 2.24) is 5.32 Å². The zero-order chi connectivity index (χ0) is 9.68. The van der Waals surface area contributed by atoms with Crippen LogP contribution in [0.25, 0.3) is 0 Å². The molecule has 0 spiro atoms. The van der Waals surface area contributed by atoms with E-state index in [9.17, 15) is 0 Å². The van der Waals surface area contributed by atoms with Crippen LogP contribution in [0, 0.1) is 11.3 Å². The fourth-order valence-corrected chi connectivity index (χ4v) is 1.92. The molecule has 4 nitrogen and oxygen atoms in total. The number of nitrogens with one attached hydrogen (secondary N) is 1. The highest BCUT2D eigenvalue weighted by Crippen LogP contribution is 2.19. The van der Waals surface area contributed by atoms with Crippen LogP contribution in [0.1, 0.15) is 6.92 Å². The Morgan fingerprint density at radius 1 is 1.77 bits per heavy atom. The Balaban J connectivity index is 2.96. The summed E-state index contributed by atoms with van der Waals surface area (Å²) in [5.41, 5.74) is 6.10. The Labute approximate surface area is 81.9 Å². The highest BCUT2D eigenvalue weighted by molar-refractivity contribution is 8.03. The smallest absolute Gasteiger partial charge is 0.139 e. The van der Waals surface area contributed by atoms with E-state index in [1.165, 1.54) is 0 Å². The van der Waals surface area contributed by atoms with Gasteiger partial charge in [0.1, 0.15) is 17.5 Å². The minimum absolute atomic E-state index is 0.350. The minimum atomic E-state index is 0.350. The second-order valence-corrected chi connectivity index (χ2v) is 3.57. The van der Waals surface area contributed by atoms with E-state index in [4.69, 9.17) is 11.0 Å². The molecule has 0 bridgehead atoms. The van der Waals surface area contributed by atoms with Crippen LogP contribution in [0.5, 0.6) is 0 Å². The third-order valence-electron chi connectivity index (χ3n) is 1.55. The first-order valence-electron chi connectivity index (χ1n) is 4.11. The molecule has 5 heteroatoms. The van der Waals surface area contributed by atoms with Crippen molar-refractivity contribution in [3.63, 3.8) is 0 Å². The Hall–Kier alpha value is -1.15. The van der Waals surface area contributed by atoms with E-state index >= 15 is 0 Å². The van der Waals surface area contributed by atoms with Gasteiger partial charge in [0.2, 0.25) is 0 Å². The molecule has 1 rings (SSSR count). The van der Waals surface area contributed by atoms with E-state index in [2.05, 4.69) is 16.4 Å². The van der Waals surface area contributed by atoms with Gasteiger partial charge >= 0.3 is 0 Å². The van der Waals surface area contributed by atoms with Gasteiger partial charge in [-0.1, -0.05) is 0 Å². The molecule has 0 amide bonds. The van der Waals surface area contributed by atoms with Gasteiger partial charge in [-0.15, -0.1) is 11.8 Å². The molecular weight excluding hydrogens is 184 g/mol. The standard InChI is InChI=1S/C8H12N4S/c1-2-11-8-6(5-9)7(10)12-3-4-13-8/h11H,2-4H2,1H3,(H2,10,12). The van der Waals surface area contributed by atoms with Crippen molar-refractivity contribution < 1.29 is 0 Å². The van der Waals surface area contributed by atoms with Crippen LogP contribution in [0.2, 0.25) is 0 Å². The molecule has 0 aromatic rings. The van der Waals surface area contributed by atoms with Crippen molar-refractivity contribution in [1.29, 1.82) is 5.26 Å². The lowest BCUT2D eigenvalue weighted by molar-refractivity contribution is 0.902. The average molecular weight is 196 g/mol. The Kier molecular flexibility index (Phi) is 3.65. The summed E-state index contributed by atoms with van der Waals surface area (Å²) in [5.74, 6) is 1.22. The molecule has 0 unspecified atom stereocenters. The van der Waals surface area contributed by atoms with E-state index in [0.29, 0.717) is 18.0 Å². The quantitative estimate of drug-likeness (QED) is 0.672. The predicted molar refractivity (Wildman–Crippen MR) is 55.3 cm³/mol. The van der Waals surface area contributed by atoms with Gasteiger partial charge in [-0.3, -0.25) is 4.99 Å². The van der Waals surface area contributed by atoms with Crippen LogP contribution in [0.3, 0.4) is 0 Å². The van der Waals surface area contributed by atoms with Crippen LogP contribution in [-0.2, 0) is 0 Å². The second kappa shape index (κ2) is 4.77. The third kappa shape index (κ3) is 2.39. The summed E-state index contributed by atoms with van der Waals surface area (Å²) < 4.78 is 0. The lowest BCUT2D eigenvalue weighted by atomic mass is 10.3. The number of amidine groups is 1. The number of thioether (sulfide) groups is 1. The van der Waals surface area contributed by atoms with Crippen LogP contribution in [0.15, 0.2) is 15.6 Å². The monoisotopic (exact) mass is 196 g/mol. The first kappa shape index (κ1) is 9.93. The molecule has 0 radical (unpaired) electrons. The van der Waals surface area contributed by atoms with E-state index in [1.54, 1.807) is 11.8 Å². The van der Waals surface area contributed by atoms with Gasteiger partial charge < -0.3 is 11.1 Å². The molecule has 0 aromatic heterocycles. The maximum atomic E-state index is 8.86. The van der Waals surface area contributed by atoms with Crippen LogP contribution < -0.4 is 11.1 Å². The zero-order valence-corrected chi connectivity index (χ0v) is 8.32. The Bertz CT molecular complexity index is 283. The number of rotatable bonds is 2. The van der Waals surface area contributed by atoms with Gasteiger partial charge in [-0.25, -0.2) is 0 Å². The summed E-state index contributed by atoms with van der Waals surface area (Å²) >= 11 is 1.60. The van der Waals surface area contributed by atoms with E-state index in [0.717, 1.165) is 17.3 Å². The number of aliphatic imine (C=N–C) groups is 1. The largest absolute Gasteiger partial charge is 0.383 e. The number of hydrogen-bond donors (Lipinski definition) is 2. The molecule has 3 N–H and O–H groups in total. The Morgan fingerprint density at radius 3 is 3.15 bits per heavy atom. The van der Waals surface area contributed by atoms with Gasteiger partial charge in [0.25, 0.3) is 0 Å². The summed E-state index contributed by atoms with van der Waals surface area (Å²) in [6.45, 7) is 3.46. The van der Waals surface area contributed by atoms with Gasteiger partial charge in [-0.2, -0.15) is 5.26 Å². The fourth-order valence-electron chi connectivity index (χ4n) is 0.989. The molecule has 1 aliphatic rings. The highest BCUT2D eigenvalue weighted by atomic mass is 32.2. The molecule has 0 aliphatic carbocycles. The number of nitrogens with zero attached hydrogens (tertiary/aromatic N) is 2. The topological polar surface area (TPSA) is 74.2 Å². The summed E-state index contributed by atoms with van der Waals surface area (Å²) in [5, 5.41) is 12.8. The molecule has 1 heterocycles. The zero-order valence-electron chi connectivity index (χ0n) is 7.50. The van der Waals surface area contributed by atoms with Crippen LogP contribution in [-0.4, -0.2) is 24.7 Å². The first-order valence-corrected chi connectivity index (χ1v) is 5.09. The van der Waals surface area contributed by atoms with Gasteiger partial charge in [-0.05, 0) is 6.92 Å². The predicted octanol–water partition coefficient (Wildman–Crippen LogP) is 0.435. The molecule has 70 valence electrons. The fraction of sp³-hybridized carbons (Fsp3) is 0.500. The summed E-state index contributed by atoms with van der Waals surface area (Å²) in [6, 6.07) is 2.07.